The predicted octanol–water partition coefficient (Wildman–Crippen LogP) is 3.39. The van der Waals surface area contributed by atoms with Crippen LogP contribution in [0.3, 0.4) is 0 Å². The molecule has 1 saturated heterocycles. The molecule has 1 aliphatic heterocycles. The van der Waals surface area contributed by atoms with Crippen molar-refractivity contribution in [2.24, 2.45) is 0 Å². The maximum atomic E-state index is 13.2. The van der Waals surface area contributed by atoms with Crippen molar-refractivity contribution in [3.05, 3.63) is 59.7 Å². The molecular formula is C18H18F2N2O3S. The Kier molecular flexibility index (Phi) is 5.33. The van der Waals surface area contributed by atoms with E-state index >= 15 is 0 Å². The second kappa shape index (κ2) is 7.51. The van der Waals surface area contributed by atoms with E-state index < -0.39 is 27.6 Å². The highest BCUT2D eigenvalue weighted by Gasteiger charge is 2.25. The molecule has 1 aliphatic rings. The molecule has 1 fully saturated rings. The van der Waals surface area contributed by atoms with E-state index in [1.807, 2.05) is 0 Å². The number of halogens is 2. The second-order valence-corrected chi connectivity index (χ2v) is 8.04. The molecule has 138 valence electrons. The van der Waals surface area contributed by atoms with Crippen LogP contribution in [0, 0.1) is 11.6 Å². The van der Waals surface area contributed by atoms with Crippen LogP contribution in [0.5, 0.6) is 0 Å². The maximum Gasteiger partial charge on any atom is 0.255 e. The minimum absolute atomic E-state index is 0.147. The lowest BCUT2D eigenvalue weighted by molar-refractivity contribution is 0.102. The summed E-state index contributed by atoms with van der Waals surface area (Å²) < 4.78 is 53.0. The zero-order chi connectivity index (χ0) is 18.7. The quantitative estimate of drug-likeness (QED) is 0.884. The smallest absolute Gasteiger partial charge is 0.255 e. The Labute approximate surface area is 150 Å². The predicted molar refractivity (Wildman–Crippen MR) is 93.4 cm³/mol. The molecule has 0 saturated carbocycles. The van der Waals surface area contributed by atoms with Crippen molar-refractivity contribution in [2.75, 3.05) is 18.4 Å². The van der Waals surface area contributed by atoms with Crippen molar-refractivity contribution in [1.29, 1.82) is 0 Å². The van der Waals surface area contributed by atoms with E-state index in [1.54, 1.807) is 0 Å². The van der Waals surface area contributed by atoms with Crippen molar-refractivity contribution in [1.82, 2.24) is 4.31 Å². The van der Waals surface area contributed by atoms with Gasteiger partial charge in [-0.1, -0.05) is 6.42 Å². The molecule has 2 aromatic rings. The van der Waals surface area contributed by atoms with Gasteiger partial charge in [-0.3, -0.25) is 4.79 Å². The highest BCUT2D eigenvalue weighted by molar-refractivity contribution is 7.89. The molecule has 3 rings (SSSR count). The normalized spacial score (nSPS) is 15.6. The van der Waals surface area contributed by atoms with Crippen LogP contribution in [0.25, 0.3) is 0 Å². The van der Waals surface area contributed by atoms with Gasteiger partial charge in [0, 0.05) is 30.4 Å². The van der Waals surface area contributed by atoms with Crippen LogP contribution in [0.15, 0.2) is 47.4 Å². The van der Waals surface area contributed by atoms with Gasteiger partial charge >= 0.3 is 0 Å². The monoisotopic (exact) mass is 380 g/mol. The van der Waals surface area contributed by atoms with Crippen molar-refractivity contribution in [3.8, 4) is 0 Å². The molecule has 0 atom stereocenters. The summed E-state index contributed by atoms with van der Waals surface area (Å²) in [5, 5.41) is 2.49. The average molecular weight is 380 g/mol. The van der Waals surface area contributed by atoms with Gasteiger partial charge in [0.05, 0.1) is 4.90 Å². The Hall–Kier alpha value is -2.32. The Bertz CT molecular complexity index is 888. The minimum Gasteiger partial charge on any atom is -0.322 e. The fourth-order valence-corrected chi connectivity index (χ4v) is 4.37. The summed E-state index contributed by atoms with van der Waals surface area (Å²) in [4.78, 5) is 12.2. The van der Waals surface area contributed by atoms with Crippen LogP contribution in [-0.2, 0) is 10.0 Å². The second-order valence-electron chi connectivity index (χ2n) is 6.10. The summed E-state index contributed by atoms with van der Waals surface area (Å²) >= 11 is 0. The molecule has 2 aromatic carbocycles. The number of piperidine rings is 1. The van der Waals surface area contributed by atoms with E-state index in [4.69, 9.17) is 0 Å². The van der Waals surface area contributed by atoms with E-state index in [0.29, 0.717) is 24.8 Å². The summed E-state index contributed by atoms with van der Waals surface area (Å²) in [5.74, 6) is -2.38. The molecule has 0 aliphatic carbocycles. The highest BCUT2D eigenvalue weighted by atomic mass is 32.2. The lowest BCUT2D eigenvalue weighted by atomic mass is 10.2. The first-order valence-electron chi connectivity index (χ1n) is 8.24. The molecule has 1 amide bonds. The molecule has 1 heterocycles. The fraction of sp³-hybridized carbons (Fsp3) is 0.278. The number of hydrogen-bond acceptors (Lipinski definition) is 3. The first kappa shape index (κ1) is 18.5. The van der Waals surface area contributed by atoms with Gasteiger partial charge in [0.2, 0.25) is 10.0 Å². The molecule has 8 heteroatoms. The van der Waals surface area contributed by atoms with Gasteiger partial charge in [0.25, 0.3) is 5.91 Å². The molecular weight excluding hydrogens is 362 g/mol. The molecule has 0 unspecified atom stereocenters. The van der Waals surface area contributed by atoms with E-state index in [1.165, 1.54) is 28.6 Å². The lowest BCUT2D eigenvalue weighted by Gasteiger charge is -2.25. The number of amides is 1. The number of carbonyl (C=O) groups is 1. The third-order valence-electron chi connectivity index (χ3n) is 4.19. The number of anilines is 1. The molecule has 0 radical (unpaired) electrons. The van der Waals surface area contributed by atoms with Gasteiger partial charge in [-0.15, -0.1) is 0 Å². The van der Waals surface area contributed by atoms with Crippen LogP contribution >= 0.6 is 0 Å². The van der Waals surface area contributed by atoms with Crippen LogP contribution in [0.4, 0.5) is 14.5 Å². The Morgan fingerprint density at radius 2 is 1.50 bits per heavy atom. The van der Waals surface area contributed by atoms with Crippen molar-refractivity contribution in [2.45, 2.75) is 24.2 Å². The van der Waals surface area contributed by atoms with E-state index in [9.17, 15) is 22.0 Å². The van der Waals surface area contributed by atoms with Crippen molar-refractivity contribution < 1.29 is 22.0 Å². The highest BCUT2D eigenvalue weighted by Crippen LogP contribution is 2.22. The standard InChI is InChI=1S/C18H18F2N2O3S/c19-14-10-13(11-15(20)12-14)18(23)21-16-4-6-17(7-5-16)26(24,25)22-8-2-1-3-9-22/h4-7,10-12H,1-3,8-9H2,(H,21,23). The summed E-state index contributed by atoms with van der Waals surface area (Å²) in [6, 6.07) is 8.24. The van der Waals surface area contributed by atoms with E-state index in [0.717, 1.165) is 31.4 Å². The molecule has 0 bridgehead atoms. The average Bonchev–Trinajstić information content (AvgIpc) is 2.62. The summed E-state index contributed by atoms with van der Waals surface area (Å²) in [7, 11) is -3.55. The third-order valence-corrected chi connectivity index (χ3v) is 6.10. The Morgan fingerprint density at radius 1 is 0.923 bits per heavy atom. The molecule has 1 N–H and O–H groups in total. The summed E-state index contributed by atoms with van der Waals surface area (Å²) in [6.45, 7) is 1.01. The first-order chi connectivity index (χ1) is 12.4. The molecule has 26 heavy (non-hydrogen) atoms. The SMILES string of the molecule is O=C(Nc1ccc(S(=O)(=O)N2CCCCC2)cc1)c1cc(F)cc(F)c1. The minimum atomic E-state index is -3.55. The first-order valence-corrected chi connectivity index (χ1v) is 9.68. The number of nitrogens with one attached hydrogen (secondary N) is 1. The lowest BCUT2D eigenvalue weighted by Crippen LogP contribution is -2.35. The summed E-state index contributed by atoms with van der Waals surface area (Å²) in [5.41, 5.74) is 0.171. The van der Waals surface area contributed by atoms with Gasteiger partial charge in [-0.25, -0.2) is 17.2 Å². The van der Waals surface area contributed by atoms with E-state index in [2.05, 4.69) is 5.32 Å². The van der Waals surface area contributed by atoms with Gasteiger partial charge in [0.15, 0.2) is 0 Å². The Morgan fingerprint density at radius 3 is 2.08 bits per heavy atom. The summed E-state index contributed by atoms with van der Waals surface area (Å²) in [6.07, 6.45) is 2.72. The molecule has 0 aromatic heterocycles. The van der Waals surface area contributed by atoms with Crippen LogP contribution in [0.1, 0.15) is 29.6 Å². The molecule has 0 spiro atoms. The van der Waals surface area contributed by atoms with Crippen molar-refractivity contribution in [3.63, 3.8) is 0 Å². The zero-order valence-electron chi connectivity index (χ0n) is 13.9. The zero-order valence-corrected chi connectivity index (χ0v) is 14.7. The van der Waals surface area contributed by atoms with Crippen LogP contribution in [-0.4, -0.2) is 31.7 Å². The van der Waals surface area contributed by atoms with Gasteiger partial charge in [0.1, 0.15) is 11.6 Å². The number of nitrogens with zero attached hydrogens (tertiary/aromatic N) is 1. The van der Waals surface area contributed by atoms with Crippen LogP contribution in [0.2, 0.25) is 0 Å². The van der Waals surface area contributed by atoms with Gasteiger partial charge in [-0.2, -0.15) is 4.31 Å². The number of carbonyl (C=O) groups excluding carboxylic acids is 1. The Balaban J connectivity index is 1.74. The van der Waals surface area contributed by atoms with E-state index in [-0.39, 0.29) is 10.5 Å². The van der Waals surface area contributed by atoms with Gasteiger partial charge < -0.3 is 5.32 Å². The van der Waals surface area contributed by atoms with Gasteiger partial charge in [-0.05, 0) is 49.2 Å². The van der Waals surface area contributed by atoms with Crippen molar-refractivity contribution >= 4 is 21.6 Å². The maximum absolute atomic E-state index is 13.2. The number of hydrogen-bond donors (Lipinski definition) is 1. The van der Waals surface area contributed by atoms with Crippen LogP contribution < -0.4 is 5.32 Å². The number of benzene rings is 2. The third kappa shape index (κ3) is 4.08. The topological polar surface area (TPSA) is 66.5 Å². The number of rotatable bonds is 4. The fourth-order valence-electron chi connectivity index (χ4n) is 2.85. The number of sulfonamides is 1. The molecule has 5 nitrogen and oxygen atoms in total. The largest absolute Gasteiger partial charge is 0.322 e.